The van der Waals surface area contributed by atoms with E-state index in [4.69, 9.17) is 21.7 Å². The first-order valence-corrected chi connectivity index (χ1v) is 7.15. The highest BCUT2D eigenvalue weighted by Crippen LogP contribution is 2.28. The number of phenolic OH excluding ortho intramolecular Hbond substituents is 1. The molecule has 0 heterocycles. The topological polar surface area (TPSA) is 75.1 Å². The lowest BCUT2D eigenvalue weighted by Crippen LogP contribution is -2.24. The quantitative estimate of drug-likeness (QED) is 0.444. The lowest BCUT2D eigenvalue weighted by atomic mass is 10.2. The second-order valence-electron chi connectivity index (χ2n) is 4.42. The van der Waals surface area contributed by atoms with Gasteiger partial charge in [0.15, 0.2) is 16.6 Å². The third-order valence-electron chi connectivity index (χ3n) is 2.98. The molecule has 0 saturated heterocycles. The zero-order chi connectivity index (χ0) is 16.7. The van der Waals surface area contributed by atoms with Crippen LogP contribution in [0.5, 0.6) is 17.2 Å². The molecule has 0 saturated carbocycles. The molecule has 7 heteroatoms. The third kappa shape index (κ3) is 4.33. The number of hydrogen-bond acceptors (Lipinski definition) is 5. The second-order valence-corrected chi connectivity index (χ2v) is 4.83. The van der Waals surface area contributed by atoms with E-state index in [0.29, 0.717) is 22.2 Å². The minimum atomic E-state index is 0.0177. The Morgan fingerprint density at radius 3 is 2.52 bits per heavy atom. The Bertz CT molecular complexity index is 719. The van der Waals surface area contributed by atoms with Crippen LogP contribution in [0, 0.1) is 0 Å². The number of benzene rings is 2. The fourth-order valence-electron chi connectivity index (χ4n) is 1.87. The number of ether oxygens (including phenoxy) is 2. The monoisotopic (exact) mass is 331 g/mol. The minimum absolute atomic E-state index is 0.0177. The van der Waals surface area contributed by atoms with Crippen molar-refractivity contribution < 1.29 is 14.6 Å². The van der Waals surface area contributed by atoms with Crippen LogP contribution in [-0.4, -0.2) is 30.7 Å². The van der Waals surface area contributed by atoms with E-state index in [1.807, 2.05) is 24.3 Å². The van der Waals surface area contributed by atoms with Gasteiger partial charge in [0.05, 0.1) is 26.1 Å². The fourth-order valence-corrected chi connectivity index (χ4v) is 2.03. The van der Waals surface area contributed by atoms with Crippen molar-refractivity contribution in [2.75, 3.05) is 19.5 Å². The van der Waals surface area contributed by atoms with Crippen LogP contribution >= 0.6 is 12.2 Å². The molecule has 0 unspecified atom stereocenters. The highest BCUT2D eigenvalue weighted by molar-refractivity contribution is 7.80. The number of hydrogen-bond donors (Lipinski definition) is 3. The van der Waals surface area contributed by atoms with Gasteiger partial charge in [-0.05, 0) is 36.5 Å². The average Bonchev–Trinajstić information content (AvgIpc) is 2.57. The molecular formula is C16H17N3O3S. The Balaban J connectivity index is 1.99. The van der Waals surface area contributed by atoms with Crippen molar-refractivity contribution in [1.29, 1.82) is 0 Å². The van der Waals surface area contributed by atoms with Crippen molar-refractivity contribution in [3.8, 4) is 17.2 Å². The molecule has 0 fully saturated rings. The summed E-state index contributed by atoms with van der Waals surface area (Å²) in [5, 5.41) is 17.2. The number of nitrogens with zero attached hydrogens (tertiary/aromatic N) is 1. The predicted molar refractivity (Wildman–Crippen MR) is 94.6 cm³/mol. The Morgan fingerprint density at radius 1 is 1.09 bits per heavy atom. The van der Waals surface area contributed by atoms with E-state index in [0.717, 1.165) is 5.69 Å². The number of rotatable bonds is 5. The predicted octanol–water partition coefficient (Wildman–Crippen LogP) is 2.73. The highest BCUT2D eigenvalue weighted by Gasteiger charge is 2.05. The van der Waals surface area contributed by atoms with Crippen molar-refractivity contribution >= 4 is 29.2 Å². The molecule has 0 atom stereocenters. The molecule has 6 nitrogen and oxygen atoms in total. The average molecular weight is 331 g/mol. The van der Waals surface area contributed by atoms with Crippen LogP contribution in [0.3, 0.4) is 0 Å². The lowest BCUT2D eigenvalue weighted by Gasteiger charge is -2.11. The number of aromatic hydroxyl groups is 1. The Hall–Kier alpha value is -2.80. The number of methoxy groups -OCH3 is 2. The van der Waals surface area contributed by atoms with Crippen molar-refractivity contribution in [2.45, 2.75) is 0 Å². The van der Waals surface area contributed by atoms with Gasteiger partial charge in [-0.2, -0.15) is 5.10 Å². The maximum absolute atomic E-state index is 9.95. The van der Waals surface area contributed by atoms with E-state index in [1.54, 1.807) is 25.3 Å². The van der Waals surface area contributed by atoms with Crippen LogP contribution in [0.2, 0.25) is 0 Å². The Kier molecular flexibility index (Phi) is 5.76. The summed E-state index contributed by atoms with van der Waals surface area (Å²) >= 11 is 5.16. The van der Waals surface area contributed by atoms with Crippen LogP contribution in [0.25, 0.3) is 0 Å². The van der Waals surface area contributed by atoms with Gasteiger partial charge in [-0.25, -0.2) is 0 Å². The third-order valence-corrected chi connectivity index (χ3v) is 3.17. The van der Waals surface area contributed by atoms with Crippen LogP contribution in [-0.2, 0) is 0 Å². The zero-order valence-electron chi connectivity index (χ0n) is 12.7. The molecule has 0 radical (unpaired) electrons. The van der Waals surface area contributed by atoms with E-state index >= 15 is 0 Å². The van der Waals surface area contributed by atoms with Gasteiger partial charge in [0, 0.05) is 5.56 Å². The summed E-state index contributed by atoms with van der Waals surface area (Å²) in [7, 11) is 3.07. The number of para-hydroxylation sites is 3. The van der Waals surface area contributed by atoms with Crippen LogP contribution in [0.4, 0.5) is 5.69 Å². The summed E-state index contributed by atoms with van der Waals surface area (Å²) in [4.78, 5) is 0. The minimum Gasteiger partial charge on any atom is -0.504 e. The summed E-state index contributed by atoms with van der Waals surface area (Å²) in [5.74, 6) is 1.07. The maximum Gasteiger partial charge on any atom is 0.191 e. The molecule has 0 spiro atoms. The molecule has 0 aliphatic carbocycles. The van der Waals surface area contributed by atoms with Crippen LogP contribution in [0.1, 0.15) is 5.56 Å². The first kappa shape index (κ1) is 16.6. The van der Waals surface area contributed by atoms with Gasteiger partial charge in [-0.3, -0.25) is 5.43 Å². The number of phenols is 1. The molecule has 23 heavy (non-hydrogen) atoms. The summed E-state index contributed by atoms with van der Waals surface area (Å²) in [6.45, 7) is 0. The second kappa shape index (κ2) is 8.00. The summed E-state index contributed by atoms with van der Waals surface area (Å²) < 4.78 is 10.3. The van der Waals surface area contributed by atoms with Crippen molar-refractivity contribution in [3.05, 3.63) is 48.0 Å². The van der Waals surface area contributed by atoms with E-state index in [2.05, 4.69) is 15.8 Å². The summed E-state index contributed by atoms with van der Waals surface area (Å²) in [6.07, 6.45) is 1.45. The normalized spacial score (nSPS) is 10.3. The zero-order valence-corrected chi connectivity index (χ0v) is 13.6. The molecular weight excluding hydrogens is 314 g/mol. The number of hydrazone groups is 1. The molecule has 2 aromatic carbocycles. The fraction of sp³-hybridized carbons (Fsp3) is 0.125. The van der Waals surface area contributed by atoms with Crippen LogP contribution in [0.15, 0.2) is 47.6 Å². The number of thiocarbonyl (C=S) groups is 1. The Morgan fingerprint density at radius 2 is 1.78 bits per heavy atom. The Labute approximate surface area is 139 Å². The number of anilines is 1. The van der Waals surface area contributed by atoms with Gasteiger partial charge in [-0.1, -0.05) is 18.2 Å². The molecule has 0 aliphatic heterocycles. The number of nitrogens with one attached hydrogen (secondary N) is 2. The molecule has 0 aromatic heterocycles. The standard InChI is InChI=1S/C16H17N3O3S/c1-21-13-8-4-3-7-12(13)18-16(23)19-17-10-11-6-5-9-14(22-2)15(11)20/h3-10,20H,1-2H3,(H2,18,19,23)/b17-10+. The first-order chi connectivity index (χ1) is 11.2. The van der Waals surface area contributed by atoms with Crippen molar-refractivity contribution in [1.82, 2.24) is 5.43 Å². The molecule has 0 bridgehead atoms. The van der Waals surface area contributed by atoms with Crippen LogP contribution < -0.4 is 20.2 Å². The molecule has 0 aliphatic rings. The molecule has 3 N–H and O–H groups in total. The van der Waals surface area contributed by atoms with Crippen molar-refractivity contribution in [3.63, 3.8) is 0 Å². The van der Waals surface area contributed by atoms with Gasteiger partial charge >= 0.3 is 0 Å². The van der Waals surface area contributed by atoms with E-state index in [-0.39, 0.29) is 5.75 Å². The largest absolute Gasteiger partial charge is 0.504 e. The molecule has 2 aromatic rings. The lowest BCUT2D eigenvalue weighted by molar-refractivity contribution is 0.373. The van der Waals surface area contributed by atoms with E-state index < -0.39 is 0 Å². The summed E-state index contributed by atoms with van der Waals surface area (Å²) in [5.41, 5.74) is 3.92. The molecule has 120 valence electrons. The van der Waals surface area contributed by atoms with Gasteiger partial charge in [0.25, 0.3) is 0 Å². The smallest absolute Gasteiger partial charge is 0.191 e. The first-order valence-electron chi connectivity index (χ1n) is 6.74. The van der Waals surface area contributed by atoms with E-state index in [1.165, 1.54) is 13.3 Å². The molecule has 0 amide bonds. The summed E-state index contributed by atoms with van der Waals surface area (Å²) in [6, 6.07) is 12.5. The van der Waals surface area contributed by atoms with Gasteiger partial charge < -0.3 is 19.9 Å². The highest BCUT2D eigenvalue weighted by atomic mass is 32.1. The van der Waals surface area contributed by atoms with E-state index in [9.17, 15) is 5.11 Å². The SMILES string of the molecule is COc1ccccc1NC(=S)N/N=C/c1cccc(OC)c1O. The van der Waals surface area contributed by atoms with Gasteiger partial charge in [0.2, 0.25) is 0 Å². The molecule has 2 rings (SSSR count). The van der Waals surface area contributed by atoms with Gasteiger partial charge in [-0.15, -0.1) is 0 Å². The van der Waals surface area contributed by atoms with Crippen molar-refractivity contribution in [2.24, 2.45) is 5.10 Å². The van der Waals surface area contributed by atoms with Gasteiger partial charge in [0.1, 0.15) is 5.75 Å². The maximum atomic E-state index is 9.95.